The molecule has 2 unspecified atom stereocenters. The first-order valence-corrected chi connectivity index (χ1v) is 12.8. The summed E-state index contributed by atoms with van der Waals surface area (Å²) in [5.74, 6) is 0.776. The fourth-order valence-electron chi connectivity index (χ4n) is 4.49. The number of carbonyl (C=O) groups excluding carboxylic acids is 1. The number of benzene rings is 2. The Morgan fingerprint density at radius 2 is 1.65 bits per heavy atom. The minimum atomic E-state index is -0.442. The Kier molecular flexibility index (Phi) is 9.86. The fraction of sp³-hybridized carbons (Fsp3) is 0.448. The van der Waals surface area contributed by atoms with E-state index in [2.05, 4.69) is 43.7 Å². The van der Waals surface area contributed by atoms with Crippen molar-refractivity contribution in [2.75, 3.05) is 33.4 Å². The second-order valence-electron chi connectivity index (χ2n) is 10.6. The molecule has 3 aromatic rings. The molecule has 8 heteroatoms. The molecule has 0 aliphatic carbocycles. The number of aliphatic hydroxyl groups excluding tert-OH is 2. The number of nitrogens with zero attached hydrogens (tertiary/aromatic N) is 4. The summed E-state index contributed by atoms with van der Waals surface area (Å²) in [6.45, 7) is 7.16. The maximum Gasteiger partial charge on any atom is 0.320 e. The molecule has 0 spiro atoms. The van der Waals surface area contributed by atoms with E-state index in [0.29, 0.717) is 19.5 Å². The van der Waals surface area contributed by atoms with E-state index in [-0.39, 0.29) is 31.2 Å². The van der Waals surface area contributed by atoms with Gasteiger partial charge in [0.05, 0.1) is 24.9 Å². The van der Waals surface area contributed by atoms with Gasteiger partial charge in [0.1, 0.15) is 5.82 Å². The van der Waals surface area contributed by atoms with Crippen LogP contribution in [0.25, 0.3) is 11.3 Å². The van der Waals surface area contributed by atoms with Gasteiger partial charge >= 0.3 is 6.03 Å². The van der Waals surface area contributed by atoms with E-state index >= 15 is 0 Å². The van der Waals surface area contributed by atoms with Crippen LogP contribution in [0.3, 0.4) is 0 Å². The van der Waals surface area contributed by atoms with Crippen molar-refractivity contribution >= 4 is 6.03 Å². The summed E-state index contributed by atoms with van der Waals surface area (Å²) in [6, 6.07) is 19.1. The van der Waals surface area contributed by atoms with E-state index in [1.54, 1.807) is 11.9 Å². The van der Waals surface area contributed by atoms with Crippen LogP contribution in [0.4, 0.5) is 4.79 Å². The van der Waals surface area contributed by atoms with E-state index < -0.39 is 12.1 Å². The Morgan fingerprint density at radius 1 is 1.03 bits per heavy atom. The number of likely N-dealkylation sites (N-methyl/N-ethyl adjacent to an activating group) is 1. The third kappa shape index (κ3) is 7.41. The van der Waals surface area contributed by atoms with Crippen LogP contribution in [0.15, 0.2) is 66.9 Å². The highest BCUT2D eigenvalue weighted by Gasteiger charge is 2.39. The number of aliphatic hydroxyl groups is 2. The zero-order valence-corrected chi connectivity index (χ0v) is 22.4. The van der Waals surface area contributed by atoms with Gasteiger partial charge < -0.3 is 30.3 Å². The van der Waals surface area contributed by atoms with Gasteiger partial charge in [-0.05, 0) is 17.4 Å². The number of aromatic nitrogens is 2. The van der Waals surface area contributed by atoms with Crippen LogP contribution in [-0.2, 0) is 6.54 Å². The van der Waals surface area contributed by atoms with Crippen LogP contribution >= 0.6 is 0 Å². The molecule has 1 aromatic heterocycles. The van der Waals surface area contributed by atoms with Gasteiger partial charge in [-0.2, -0.15) is 0 Å². The molecule has 0 aliphatic rings. The largest absolute Gasteiger partial charge is 0.395 e. The van der Waals surface area contributed by atoms with Gasteiger partial charge in [-0.3, -0.25) is 0 Å². The van der Waals surface area contributed by atoms with Crippen molar-refractivity contribution in [2.45, 2.75) is 45.8 Å². The van der Waals surface area contributed by atoms with Gasteiger partial charge in [-0.1, -0.05) is 81.4 Å². The molecule has 37 heavy (non-hydrogen) atoms. The zero-order valence-electron chi connectivity index (χ0n) is 22.4. The highest BCUT2D eigenvalue weighted by molar-refractivity contribution is 5.75. The number of carbonyl (C=O) groups is 1. The van der Waals surface area contributed by atoms with Crippen LogP contribution in [0, 0.1) is 5.41 Å². The lowest BCUT2D eigenvalue weighted by molar-refractivity contribution is 0.0812. The smallest absolute Gasteiger partial charge is 0.320 e. The summed E-state index contributed by atoms with van der Waals surface area (Å²) >= 11 is 0. The molecule has 0 radical (unpaired) electrons. The van der Waals surface area contributed by atoms with E-state index in [0.717, 1.165) is 22.6 Å². The van der Waals surface area contributed by atoms with Crippen LogP contribution in [0.2, 0.25) is 0 Å². The summed E-state index contributed by atoms with van der Waals surface area (Å²) < 4.78 is 2.13. The molecule has 2 aromatic carbocycles. The molecule has 1 heterocycles. The predicted molar refractivity (Wildman–Crippen MR) is 147 cm³/mol. The molecule has 0 aliphatic heterocycles. The average Bonchev–Trinajstić information content (AvgIpc) is 3.29. The number of amides is 2. The molecule has 200 valence electrons. The van der Waals surface area contributed by atoms with Crippen LogP contribution in [0.5, 0.6) is 0 Å². The third-order valence-corrected chi connectivity index (χ3v) is 6.43. The number of hydrogen-bond donors (Lipinski definition) is 3. The number of rotatable bonds is 11. The average molecular weight is 508 g/mol. The number of hydrogen-bond acceptors (Lipinski definition) is 5. The third-order valence-electron chi connectivity index (χ3n) is 6.43. The first kappa shape index (κ1) is 28.4. The lowest BCUT2D eigenvalue weighted by Crippen LogP contribution is -2.49. The molecule has 8 nitrogen and oxygen atoms in total. The standard InChI is InChI=1S/C29H41N5O3/c1-29(2,3)26(34(16-15-24(30)21-36)28(37)32(4)17-18-35)27-31-25(23-13-9-6-10-14-23)20-33(27)19-22-11-7-5-8-12-22/h5-14,20,24,26,35-36H,15-19,21,30H2,1-4H3. The summed E-state index contributed by atoms with van der Waals surface area (Å²) in [7, 11) is 1.68. The number of imidazole rings is 1. The maximum absolute atomic E-state index is 13.7. The highest BCUT2D eigenvalue weighted by Crippen LogP contribution is 2.39. The molecule has 0 saturated heterocycles. The van der Waals surface area contributed by atoms with Crippen molar-refractivity contribution in [2.24, 2.45) is 11.1 Å². The van der Waals surface area contributed by atoms with Crippen molar-refractivity contribution in [3.05, 3.63) is 78.2 Å². The molecular weight excluding hydrogens is 466 g/mol. The van der Waals surface area contributed by atoms with Gasteiger partial charge in [0.25, 0.3) is 0 Å². The number of nitrogens with two attached hydrogens (primary N) is 1. The van der Waals surface area contributed by atoms with E-state index in [9.17, 15) is 15.0 Å². The monoisotopic (exact) mass is 507 g/mol. The van der Waals surface area contributed by atoms with Crippen molar-refractivity contribution in [1.29, 1.82) is 0 Å². The molecule has 0 saturated carbocycles. The molecule has 2 amide bonds. The Hall–Kier alpha value is -3.20. The molecule has 2 atom stereocenters. The van der Waals surface area contributed by atoms with Crippen LogP contribution in [0.1, 0.15) is 44.6 Å². The molecule has 4 N–H and O–H groups in total. The first-order chi connectivity index (χ1) is 17.7. The second kappa shape index (κ2) is 12.9. The van der Waals surface area contributed by atoms with Crippen molar-refractivity contribution in [1.82, 2.24) is 19.4 Å². The second-order valence-corrected chi connectivity index (χ2v) is 10.6. The van der Waals surface area contributed by atoms with Gasteiger partial charge in [0, 0.05) is 44.5 Å². The van der Waals surface area contributed by atoms with Crippen LogP contribution < -0.4 is 5.73 Å². The highest BCUT2D eigenvalue weighted by atomic mass is 16.3. The maximum atomic E-state index is 13.7. The minimum Gasteiger partial charge on any atom is -0.395 e. The van der Waals surface area contributed by atoms with Gasteiger partial charge in [-0.25, -0.2) is 9.78 Å². The fourth-order valence-corrected chi connectivity index (χ4v) is 4.49. The van der Waals surface area contributed by atoms with Gasteiger partial charge in [0.15, 0.2) is 0 Å². The van der Waals surface area contributed by atoms with Crippen LogP contribution in [-0.4, -0.2) is 75.0 Å². The topological polar surface area (TPSA) is 108 Å². The van der Waals surface area contributed by atoms with E-state index in [1.807, 2.05) is 48.5 Å². The predicted octanol–water partition coefficient (Wildman–Crippen LogP) is 3.74. The lowest BCUT2D eigenvalue weighted by Gasteiger charge is -2.41. The van der Waals surface area contributed by atoms with Crippen molar-refractivity contribution in [3.8, 4) is 11.3 Å². The van der Waals surface area contributed by atoms with Crippen molar-refractivity contribution in [3.63, 3.8) is 0 Å². The SMILES string of the molecule is CN(CCO)C(=O)N(CCC(N)CO)C(c1nc(-c2ccccc2)cn1Cc1ccccc1)C(C)(C)C. The lowest BCUT2D eigenvalue weighted by atomic mass is 9.84. The Labute approximate surface area is 220 Å². The number of urea groups is 1. The summed E-state index contributed by atoms with van der Waals surface area (Å²) in [5, 5.41) is 19.0. The first-order valence-electron chi connectivity index (χ1n) is 12.8. The Bertz CT molecular complexity index is 1110. The minimum absolute atomic E-state index is 0.132. The normalized spacial score (nSPS) is 13.3. The summed E-state index contributed by atoms with van der Waals surface area (Å²) in [4.78, 5) is 22.2. The quantitative estimate of drug-likeness (QED) is 0.366. The molecule has 0 bridgehead atoms. The Balaban J connectivity index is 2.15. The van der Waals surface area contributed by atoms with Gasteiger partial charge in [0.2, 0.25) is 0 Å². The van der Waals surface area contributed by atoms with E-state index in [1.165, 1.54) is 4.90 Å². The molecule has 3 rings (SSSR count). The van der Waals surface area contributed by atoms with Crippen molar-refractivity contribution < 1.29 is 15.0 Å². The molecular formula is C29H41N5O3. The Morgan fingerprint density at radius 3 is 2.22 bits per heavy atom. The summed E-state index contributed by atoms with van der Waals surface area (Å²) in [6.07, 6.45) is 2.49. The van der Waals surface area contributed by atoms with E-state index in [4.69, 9.17) is 10.7 Å². The molecule has 0 fully saturated rings. The van der Waals surface area contributed by atoms with Gasteiger partial charge in [-0.15, -0.1) is 0 Å². The summed E-state index contributed by atoms with van der Waals surface area (Å²) in [5.41, 5.74) is 8.64. The zero-order chi connectivity index (χ0) is 27.0.